The fraction of sp³-hybridized carbons (Fsp3) is 0.500. The lowest BCUT2D eigenvalue weighted by molar-refractivity contribution is 0.0681. The van der Waals surface area contributed by atoms with Gasteiger partial charge >= 0.3 is 0 Å². The lowest BCUT2D eigenvalue weighted by Crippen LogP contribution is -2.46. The van der Waals surface area contributed by atoms with E-state index in [2.05, 4.69) is 107 Å². The van der Waals surface area contributed by atoms with Gasteiger partial charge in [0.1, 0.15) is 0 Å². The molecule has 3 nitrogen and oxygen atoms in total. The van der Waals surface area contributed by atoms with Crippen LogP contribution in [-0.4, -0.2) is 37.4 Å². The molecule has 0 N–H and O–H groups in total. The molecule has 2 aromatic carbocycles. The number of aromatic nitrogens is 1. The van der Waals surface area contributed by atoms with Gasteiger partial charge in [0.25, 0.3) is 0 Å². The van der Waals surface area contributed by atoms with E-state index in [9.17, 15) is 0 Å². The molecule has 182 valence electrons. The normalized spacial score (nSPS) is 18.9. The van der Waals surface area contributed by atoms with Crippen molar-refractivity contribution < 1.29 is 4.43 Å². The Hall–Kier alpha value is -2.01. The number of nitrogens with zero attached hydrogens (tertiary/aromatic N) is 2. The summed E-state index contributed by atoms with van der Waals surface area (Å²) < 4.78 is 6.87. The van der Waals surface area contributed by atoms with Crippen LogP contribution < -0.4 is 0 Å². The van der Waals surface area contributed by atoms with Crippen molar-refractivity contribution in [3.8, 4) is 11.3 Å². The molecule has 1 aliphatic heterocycles. The van der Waals surface area contributed by atoms with E-state index in [4.69, 9.17) is 9.41 Å². The molecule has 34 heavy (non-hydrogen) atoms. The van der Waals surface area contributed by atoms with E-state index >= 15 is 0 Å². The first kappa shape index (κ1) is 25.1. The molecule has 4 rings (SSSR count). The zero-order valence-corrected chi connectivity index (χ0v) is 23.2. The molecular formula is C30H42N2OSi. The highest BCUT2D eigenvalue weighted by atomic mass is 28.4. The molecule has 0 saturated carbocycles. The maximum atomic E-state index is 6.87. The summed E-state index contributed by atoms with van der Waals surface area (Å²) in [5.41, 5.74) is 5.90. The third-order valence-corrected chi connectivity index (χ3v) is 12.6. The third kappa shape index (κ3) is 5.14. The zero-order chi connectivity index (χ0) is 24.5. The second kappa shape index (κ2) is 9.92. The maximum absolute atomic E-state index is 6.87. The maximum Gasteiger partial charge on any atom is 0.192 e. The molecule has 1 saturated heterocycles. The van der Waals surface area contributed by atoms with E-state index in [1.54, 1.807) is 0 Å². The third-order valence-electron chi connectivity index (χ3n) is 8.14. The number of hydrogen-bond donors (Lipinski definition) is 0. The topological polar surface area (TPSA) is 25.4 Å². The molecule has 2 heterocycles. The smallest absolute Gasteiger partial charge is 0.192 e. The van der Waals surface area contributed by atoms with Crippen molar-refractivity contribution in [2.75, 3.05) is 13.2 Å². The molecular weight excluding hydrogens is 432 g/mol. The van der Waals surface area contributed by atoms with E-state index < -0.39 is 8.32 Å². The molecule has 1 aromatic heterocycles. The average Bonchev–Trinajstić information content (AvgIpc) is 2.79. The Kier molecular flexibility index (Phi) is 7.32. The number of para-hydroxylation sites is 1. The highest BCUT2D eigenvalue weighted by Crippen LogP contribution is 2.39. The fourth-order valence-corrected chi connectivity index (χ4v) is 5.94. The van der Waals surface area contributed by atoms with Crippen molar-refractivity contribution in [3.05, 3.63) is 65.7 Å². The number of pyridine rings is 1. The lowest BCUT2D eigenvalue weighted by Gasteiger charge is -2.43. The molecule has 0 amide bonds. The summed E-state index contributed by atoms with van der Waals surface area (Å²) in [6.45, 7) is 18.1. The average molecular weight is 475 g/mol. The largest absolute Gasteiger partial charge is 0.415 e. The van der Waals surface area contributed by atoms with E-state index in [-0.39, 0.29) is 11.1 Å². The summed E-state index contributed by atoms with van der Waals surface area (Å²) in [6, 6.07) is 20.4. The summed E-state index contributed by atoms with van der Waals surface area (Å²) in [5, 5.41) is 1.41. The second-order valence-corrected chi connectivity index (χ2v) is 16.4. The predicted molar refractivity (Wildman–Crippen MR) is 148 cm³/mol. The Labute approximate surface area is 207 Å². The lowest BCUT2D eigenvalue weighted by atomic mass is 9.95. The summed E-state index contributed by atoms with van der Waals surface area (Å²) in [4.78, 5) is 8.00. The minimum absolute atomic E-state index is 0.194. The van der Waals surface area contributed by atoms with Crippen molar-refractivity contribution in [1.82, 2.24) is 9.88 Å². The Balaban J connectivity index is 1.81. The van der Waals surface area contributed by atoms with Crippen molar-refractivity contribution in [1.29, 1.82) is 0 Å². The van der Waals surface area contributed by atoms with Crippen molar-refractivity contribution in [3.63, 3.8) is 0 Å². The molecule has 1 fully saturated rings. The van der Waals surface area contributed by atoms with Crippen LogP contribution >= 0.6 is 0 Å². The van der Waals surface area contributed by atoms with Crippen LogP contribution in [0.4, 0.5) is 0 Å². The first-order valence-corrected chi connectivity index (χ1v) is 15.8. The SMILES string of the molecule is Cc1cc2cccc(C(CO[Si](C)(C)C(C)(C)C)N3CCCC[C@H]3C)c2nc1-c1ccccc1. The molecule has 1 unspecified atom stereocenters. The fourth-order valence-electron chi connectivity index (χ4n) is 4.94. The van der Waals surface area contributed by atoms with Gasteiger partial charge in [-0.2, -0.15) is 0 Å². The molecule has 1 aliphatic rings. The number of benzene rings is 2. The van der Waals surface area contributed by atoms with Gasteiger partial charge < -0.3 is 4.43 Å². The van der Waals surface area contributed by atoms with Gasteiger partial charge in [-0.05, 0) is 68.6 Å². The van der Waals surface area contributed by atoms with E-state index in [0.717, 1.165) is 24.4 Å². The standard InChI is InChI=1S/C30H42N2OSi/c1-22-20-25-17-13-18-26(29(25)31-28(22)24-15-9-8-10-16-24)27(32-19-12-11-14-23(32)2)21-33-34(6,7)30(3,4)5/h8-10,13,15-18,20,23,27H,11-12,14,19,21H2,1-7H3/t23-,27?/m1/s1. The number of piperidine rings is 1. The Morgan fingerprint density at radius 3 is 2.47 bits per heavy atom. The molecule has 0 spiro atoms. The van der Waals surface area contributed by atoms with Gasteiger partial charge in [0.05, 0.1) is 23.9 Å². The number of hydrogen-bond acceptors (Lipinski definition) is 3. The zero-order valence-electron chi connectivity index (χ0n) is 22.2. The van der Waals surface area contributed by atoms with Crippen LogP contribution in [0.3, 0.4) is 0 Å². The predicted octanol–water partition coefficient (Wildman–Crippen LogP) is 8.15. The Morgan fingerprint density at radius 2 is 1.79 bits per heavy atom. The molecule has 3 aromatic rings. The van der Waals surface area contributed by atoms with Gasteiger partial charge in [-0.1, -0.05) is 75.7 Å². The van der Waals surface area contributed by atoms with Gasteiger partial charge in [-0.15, -0.1) is 0 Å². The van der Waals surface area contributed by atoms with Crippen molar-refractivity contribution >= 4 is 19.2 Å². The van der Waals surface area contributed by atoms with Gasteiger partial charge in [0.2, 0.25) is 0 Å². The second-order valence-electron chi connectivity index (χ2n) is 11.6. The van der Waals surface area contributed by atoms with Crippen molar-refractivity contribution in [2.24, 2.45) is 0 Å². The minimum Gasteiger partial charge on any atom is -0.415 e. The van der Waals surface area contributed by atoms with E-state index in [1.165, 1.54) is 41.3 Å². The van der Waals surface area contributed by atoms with Gasteiger partial charge in [0.15, 0.2) is 8.32 Å². The van der Waals surface area contributed by atoms with Gasteiger partial charge in [-0.25, -0.2) is 4.98 Å². The monoisotopic (exact) mass is 474 g/mol. The summed E-state index contributed by atoms with van der Waals surface area (Å²) >= 11 is 0. The van der Waals surface area contributed by atoms with Crippen LogP contribution in [0.2, 0.25) is 18.1 Å². The number of rotatable bonds is 6. The quantitative estimate of drug-likeness (QED) is 0.337. The number of likely N-dealkylation sites (tertiary alicyclic amines) is 1. The van der Waals surface area contributed by atoms with Crippen LogP contribution in [0.25, 0.3) is 22.2 Å². The highest BCUT2D eigenvalue weighted by Gasteiger charge is 2.39. The van der Waals surface area contributed by atoms with E-state index in [1.807, 2.05) is 0 Å². The first-order valence-electron chi connectivity index (χ1n) is 12.9. The van der Waals surface area contributed by atoms with E-state index in [0.29, 0.717) is 6.04 Å². The molecule has 0 bridgehead atoms. The molecule has 4 heteroatoms. The Morgan fingerprint density at radius 1 is 1.06 bits per heavy atom. The summed E-state index contributed by atoms with van der Waals surface area (Å²) in [7, 11) is -1.87. The van der Waals surface area contributed by atoms with Crippen LogP contribution in [-0.2, 0) is 4.43 Å². The van der Waals surface area contributed by atoms with Gasteiger partial charge in [-0.3, -0.25) is 4.90 Å². The minimum atomic E-state index is -1.87. The first-order chi connectivity index (χ1) is 16.1. The van der Waals surface area contributed by atoms with Crippen LogP contribution in [0.1, 0.15) is 64.1 Å². The van der Waals surface area contributed by atoms with Crippen LogP contribution in [0.15, 0.2) is 54.6 Å². The molecule has 2 atom stereocenters. The summed E-state index contributed by atoms with van der Waals surface area (Å²) in [6.07, 6.45) is 3.83. The summed E-state index contributed by atoms with van der Waals surface area (Å²) in [5.74, 6) is 0. The van der Waals surface area contributed by atoms with Crippen LogP contribution in [0.5, 0.6) is 0 Å². The molecule has 0 aliphatic carbocycles. The Bertz CT molecular complexity index is 1120. The van der Waals surface area contributed by atoms with Crippen molar-refractivity contribution in [2.45, 2.75) is 84.1 Å². The van der Waals surface area contributed by atoms with Gasteiger partial charge in [0, 0.05) is 17.0 Å². The number of fused-ring (bicyclic) bond motifs is 1. The number of aryl methyl sites for hydroxylation is 1. The highest BCUT2D eigenvalue weighted by molar-refractivity contribution is 6.74. The molecule has 0 radical (unpaired) electrons. The van der Waals surface area contributed by atoms with Crippen LogP contribution in [0, 0.1) is 6.92 Å².